The molecule has 3 rings (SSSR count). The van der Waals surface area contributed by atoms with Crippen molar-refractivity contribution in [3.8, 4) is 0 Å². The number of rotatable bonds is 3. The topological polar surface area (TPSA) is 85.1 Å². The third-order valence-corrected chi connectivity index (χ3v) is 3.43. The number of non-ortho nitro benzene ring substituents is 1. The number of nitro benzene ring substituents is 1. The molecule has 0 aliphatic carbocycles. The van der Waals surface area contributed by atoms with E-state index in [-0.39, 0.29) is 11.6 Å². The fourth-order valence-electron chi connectivity index (χ4n) is 2.34. The minimum absolute atomic E-state index is 0.0493. The molecule has 0 spiro atoms. The number of carbonyl (C=O) groups is 1. The molecular weight excluding hydrogens is 294 g/mol. The Kier molecular flexibility index (Phi) is 3.72. The van der Waals surface area contributed by atoms with Crippen LogP contribution in [-0.4, -0.2) is 15.8 Å². The molecule has 1 amide bonds. The fraction of sp³-hybridized carbons (Fsp3) is 0.0588. The lowest BCUT2D eigenvalue weighted by Gasteiger charge is -2.09. The zero-order valence-electron chi connectivity index (χ0n) is 12.3. The van der Waals surface area contributed by atoms with Crippen LogP contribution in [0.15, 0.2) is 54.6 Å². The van der Waals surface area contributed by atoms with Crippen molar-refractivity contribution in [2.75, 3.05) is 5.32 Å². The highest BCUT2D eigenvalue weighted by atomic mass is 16.6. The minimum Gasteiger partial charge on any atom is -0.321 e. The molecule has 0 fully saturated rings. The van der Waals surface area contributed by atoms with Crippen LogP contribution in [0.25, 0.3) is 10.9 Å². The van der Waals surface area contributed by atoms with Gasteiger partial charge in [-0.05, 0) is 31.2 Å². The minimum atomic E-state index is -0.499. The van der Waals surface area contributed by atoms with Crippen molar-refractivity contribution in [2.24, 2.45) is 0 Å². The van der Waals surface area contributed by atoms with Crippen LogP contribution >= 0.6 is 0 Å². The molecule has 0 atom stereocenters. The molecular formula is C17H13N3O3. The normalized spacial score (nSPS) is 10.5. The number of fused-ring (bicyclic) bond motifs is 1. The summed E-state index contributed by atoms with van der Waals surface area (Å²) in [6, 6.07) is 14.8. The SMILES string of the molecule is Cc1cc(NC(=O)c2ccc([N+](=O)[O-])cc2)c2ccccc2n1. The van der Waals surface area contributed by atoms with Gasteiger partial charge in [-0.25, -0.2) is 0 Å². The van der Waals surface area contributed by atoms with E-state index in [9.17, 15) is 14.9 Å². The van der Waals surface area contributed by atoms with Gasteiger partial charge < -0.3 is 5.32 Å². The lowest BCUT2D eigenvalue weighted by Crippen LogP contribution is -2.12. The molecule has 2 aromatic carbocycles. The van der Waals surface area contributed by atoms with Gasteiger partial charge in [0.25, 0.3) is 11.6 Å². The summed E-state index contributed by atoms with van der Waals surface area (Å²) in [5.41, 5.74) is 2.56. The molecule has 1 heterocycles. The summed E-state index contributed by atoms with van der Waals surface area (Å²) in [5, 5.41) is 14.3. The maximum atomic E-state index is 12.3. The van der Waals surface area contributed by atoms with Crippen LogP contribution in [0.4, 0.5) is 11.4 Å². The number of nitrogens with one attached hydrogen (secondary N) is 1. The van der Waals surface area contributed by atoms with Crippen molar-refractivity contribution in [1.29, 1.82) is 0 Å². The predicted molar refractivity (Wildman–Crippen MR) is 87.5 cm³/mol. The first kappa shape index (κ1) is 14.6. The van der Waals surface area contributed by atoms with Crippen LogP contribution in [0.1, 0.15) is 16.1 Å². The number of para-hydroxylation sites is 1. The third-order valence-electron chi connectivity index (χ3n) is 3.43. The number of amides is 1. The van der Waals surface area contributed by atoms with E-state index in [2.05, 4.69) is 10.3 Å². The first-order valence-corrected chi connectivity index (χ1v) is 6.97. The maximum absolute atomic E-state index is 12.3. The lowest BCUT2D eigenvalue weighted by atomic mass is 10.1. The highest BCUT2D eigenvalue weighted by molar-refractivity contribution is 6.08. The van der Waals surface area contributed by atoms with E-state index in [0.29, 0.717) is 11.3 Å². The third kappa shape index (κ3) is 3.01. The second-order valence-electron chi connectivity index (χ2n) is 5.09. The van der Waals surface area contributed by atoms with E-state index >= 15 is 0 Å². The van der Waals surface area contributed by atoms with Gasteiger partial charge in [-0.3, -0.25) is 19.9 Å². The predicted octanol–water partition coefficient (Wildman–Crippen LogP) is 3.70. The van der Waals surface area contributed by atoms with Crippen molar-refractivity contribution < 1.29 is 9.72 Å². The number of nitrogens with zero attached hydrogens (tertiary/aromatic N) is 2. The van der Waals surface area contributed by atoms with Gasteiger partial charge in [0.05, 0.1) is 16.1 Å². The highest BCUT2D eigenvalue weighted by Gasteiger charge is 2.11. The number of aryl methyl sites for hydroxylation is 1. The van der Waals surface area contributed by atoms with Crippen LogP contribution in [0.5, 0.6) is 0 Å². The Labute approximate surface area is 131 Å². The zero-order chi connectivity index (χ0) is 16.4. The molecule has 114 valence electrons. The van der Waals surface area contributed by atoms with Crippen LogP contribution in [0.2, 0.25) is 0 Å². The molecule has 23 heavy (non-hydrogen) atoms. The molecule has 6 heteroatoms. The van der Waals surface area contributed by atoms with Crippen molar-refractivity contribution in [3.05, 3.63) is 76.0 Å². The van der Waals surface area contributed by atoms with Crippen LogP contribution in [0, 0.1) is 17.0 Å². The Bertz CT molecular complexity index is 905. The second-order valence-corrected chi connectivity index (χ2v) is 5.09. The molecule has 6 nitrogen and oxygen atoms in total. The van der Waals surface area contributed by atoms with E-state index in [1.165, 1.54) is 24.3 Å². The van der Waals surface area contributed by atoms with Crippen molar-refractivity contribution in [1.82, 2.24) is 4.98 Å². The van der Waals surface area contributed by atoms with Gasteiger partial charge in [-0.15, -0.1) is 0 Å². The number of nitro groups is 1. The van der Waals surface area contributed by atoms with Crippen molar-refractivity contribution in [2.45, 2.75) is 6.92 Å². The highest BCUT2D eigenvalue weighted by Crippen LogP contribution is 2.23. The van der Waals surface area contributed by atoms with Gasteiger partial charge in [0.1, 0.15) is 0 Å². The molecule has 0 bridgehead atoms. The molecule has 0 aliphatic rings. The summed E-state index contributed by atoms with van der Waals surface area (Å²) < 4.78 is 0. The zero-order valence-corrected chi connectivity index (χ0v) is 12.3. The number of aromatic nitrogens is 1. The Morgan fingerprint density at radius 3 is 2.52 bits per heavy atom. The summed E-state index contributed by atoms with van der Waals surface area (Å²) in [6.45, 7) is 1.86. The Morgan fingerprint density at radius 2 is 1.83 bits per heavy atom. The number of hydrogen-bond acceptors (Lipinski definition) is 4. The molecule has 0 saturated heterocycles. The van der Waals surface area contributed by atoms with Gasteiger partial charge in [0, 0.05) is 28.8 Å². The van der Waals surface area contributed by atoms with Crippen LogP contribution in [0.3, 0.4) is 0 Å². The van der Waals surface area contributed by atoms with E-state index in [1.54, 1.807) is 6.07 Å². The maximum Gasteiger partial charge on any atom is 0.269 e. The molecule has 1 N–H and O–H groups in total. The average molecular weight is 307 g/mol. The van der Waals surface area contributed by atoms with Crippen molar-refractivity contribution >= 4 is 28.2 Å². The molecule has 0 radical (unpaired) electrons. The summed E-state index contributed by atoms with van der Waals surface area (Å²) in [6.07, 6.45) is 0. The molecule has 1 aromatic heterocycles. The Hall–Kier alpha value is -3.28. The summed E-state index contributed by atoms with van der Waals surface area (Å²) in [7, 11) is 0. The first-order valence-electron chi connectivity index (χ1n) is 6.97. The average Bonchev–Trinajstić information content (AvgIpc) is 2.54. The van der Waals surface area contributed by atoms with Gasteiger partial charge >= 0.3 is 0 Å². The number of hydrogen-bond donors (Lipinski definition) is 1. The van der Waals surface area contributed by atoms with Gasteiger partial charge in [-0.1, -0.05) is 18.2 Å². The Morgan fingerprint density at radius 1 is 1.13 bits per heavy atom. The lowest BCUT2D eigenvalue weighted by molar-refractivity contribution is -0.384. The van der Waals surface area contributed by atoms with E-state index in [1.807, 2.05) is 31.2 Å². The summed E-state index contributed by atoms with van der Waals surface area (Å²) in [4.78, 5) is 26.9. The standard InChI is InChI=1S/C17H13N3O3/c1-11-10-16(14-4-2-3-5-15(14)18-11)19-17(21)12-6-8-13(9-7-12)20(22)23/h2-10H,1H3,(H,18,19,21). The smallest absolute Gasteiger partial charge is 0.269 e. The summed E-state index contributed by atoms with van der Waals surface area (Å²) in [5.74, 6) is -0.323. The molecule has 0 unspecified atom stereocenters. The molecule has 3 aromatic rings. The number of benzene rings is 2. The monoisotopic (exact) mass is 307 g/mol. The number of pyridine rings is 1. The number of carbonyl (C=O) groups excluding carboxylic acids is 1. The molecule has 0 aliphatic heterocycles. The molecule has 0 saturated carbocycles. The fourth-order valence-corrected chi connectivity index (χ4v) is 2.34. The van der Waals surface area contributed by atoms with Gasteiger partial charge in [0.15, 0.2) is 0 Å². The van der Waals surface area contributed by atoms with Crippen LogP contribution < -0.4 is 5.32 Å². The first-order chi connectivity index (χ1) is 11.0. The van der Waals surface area contributed by atoms with E-state index in [4.69, 9.17) is 0 Å². The van der Waals surface area contributed by atoms with E-state index < -0.39 is 4.92 Å². The van der Waals surface area contributed by atoms with E-state index in [0.717, 1.165) is 16.6 Å². The van der Waals surface area contributed by atoms with Gasteiger partial charge in [-0.2, -0.15) is 0 Å². The Balaban J connectivity index is 1.92. The van der Waals surface area contributed by atoms with Gasteiger partial charge in [0.2, 0.25) is 0 Å². The second kappa shape index (κ2) is 5.84. The summed E-state index contributed by atoms with van der Waals surface area (Å²) >= 11 is 0. The quantitative estimate of drug-likeness (QED) is 0.590. The number of anilines is 1. The van der Waals surface area contributed by atoms with Crippen LogP contribution in [-0.2, 0) is 0 Å². The largest absolute Gasteiger partial charge is 0.321 e. The van der Waals surface area contributed by atoms with Crippen molar-refractivity contribution in [3.63, 3.8) is 0 Å².